The molecule has 2 rings (SSSR count). The van der Waals surface area contributed by atoms with Crippen molar-refractivity contribution in [1.82, 2.24) is 4.57 Å². The standard InChI is InChI=1S/C12H15ClN2/c1-15-8-5-10-9-11(3-4-12(10)15)14-7-2-6-13/h3-5,8-9,14H,2,6-7H2,1H3. The normalized spacial score (nSPS) is 10.8. The number of rotatable bonds is 4. The number of nitrogens with one attached hydrogen (secondary N) is 1. The number of aromatic nitrogens is 1. The van der Waals surface area contributed by atoms with Crippen LogP contribution in [0.15, 0.2) is 30.5 Å². The van der Waals surface area contributed by atoms with Gasteiger partial charge in [-0.1, -0.05) is 0 Å². The van der Waals surface area contributed by atoms with Gasteiger partial charge in [0.15, 0.2) is 0 Å². The quantitative estimate of drug-likeness (QED) is 0.621. The van der Waals surface area contributed by atoms with Crippen LogP contribution in [0.5, 0.6) is 0 Å². The largest absolute Gasteiger partial charge is 0.385 e. The molecular weight excluding hydrogens is 208 g/mol. The highest BCUT2D eigenvalue weighted by molar-refractivity contribution is 6.17. The zero-order valence-corrected chi connectivity index (χ0v) is 9.59. The maximum Gasteiger partial charge on any atom is 0.0479 e. The van der Waals surface area contributed by atoms with E-state index in [1.807, 2.05) is 0 Å². The van der Waals surface area contributed by atoms with E-state index in [1.54, 1.807) is 0 Å². The molecule has 2 nitrogen and oxygen atoms in total. The van der Waals surface area contributed by atoms with Crippen LogP contribution in [-0.4, -0.2) is 17.0 Å². The molecule has 0 aliphatic rings. The van der Waals surface area contributed by atoms with E-state index in [-0.39, 0.29) is 0 Å². The molecule has 0 atom stereocenters. The van der Waals surface area contributed by atoms with Gasteiger partial charge >= 0.3 is 0 Å². The Morgan fingerprint density at radius 3 is 3.00 bits per heavy atom. The number of hydrogen-bond donors (Lipinski definition) is 1. The van der Waals surface area contributed by atoms with Crippen molar-refractivity contribution in [2.24, 2.45) is 7.05 Å². The van der Waals surface area contributed by atoms with Gasteiger partial charge in [-0.25, -0.2) is 0 Å². The summed E-state index contributed by atoms with van der Waals surface area (Å²) >= 11 is 5.62. The Hall–Kier alpha value is -1.15. The molecule has 15 heavy (non-hydrogen) atoms. The van der Waals surface area contributed by atoms with Gasteiger partial charge < -0.3 is 9.88 Å². The maximum atomic E-state index is 5.62. The molecule has 1 aromatic heterocycles. The number of aryl methyl sites for hydroxylation is 1. The molecule has 80 valence electrons. The molecule has 0 aliphatic carbocycles. The topological polar surface area (TPSA) is 17.0 Å². The van der Waals surface area contributed by atoms with Crippen LogP contribution in [0.3, 0.4) is 0 Å². The Labute approximate surface area is 94.8 Å². The molecule has 0 saturated carbocycles. The summed E-state index contributed by atoms with van der Waals surface area (Å²) in [5.41, 5.74) is 2.43. The van der Waals surface area contributed by atoms with E-state index in [0.717, 1.165) is 13.0 Å². The Balaban J connectivity index is 2.16. The first-order chi connectivity index (χ1) is 7.31. The van der Waals surface area contributed by atoms with Crippen LogP contribution >= 0.6 is 11.6 Å². The maximum absolute atomic E-state index is 5.62. The summed E-state index contributed by atoms with van der Waals surface area (Å²) in [6, 6.07) is 8.54. The molecule has 0 saturated heterocycles. The second-order valence-electron chi connectivity index (χ2n) is 3.67. The molecule has 0 spiro atoms. The van der Waals surface area contributed by atoms with E-state index in [2.05, 4.69) is 47.4 Å². The summed E-state index contributed by atoms with van der Waals surface area (Å²) in [7, 11) is 2.06. The minimum atomic E-state index is 0.709. The molecular formula is C12H15ClN2. The highest BCUT2D eigenvalue weighted by Crippen LogP contribution is 2.19. The highest BCUT2D eigenvalue weighted by atomic mass is 35.5. The van der Waals surface area contributed by atoms with Crippen LogP contribution < -0.4 is 5.32 Å². The van der Waals surface area contributed by atoms with Crippen molar-refractivity contribution in [3.05, 3.63) is 30.5 Å². The third kappa shape index (κ3) is 2.26. The third-order valence-corrected chi connectivity index (χ3v) is 2.79. The number of anilines is 1. The van der Waals surface area contributed by atoms with Gasteiger partial charge in [-0.15, -0.1) is 11.6 Å². The average Bonchev–Trinajstić information content (AvgIpc) is 2.61. The van der Waals surface area contributed by atoms with Crippen molar-refractivity contribution in [1.29, 1.82) is 0 Å². The molecule has 1 heterocycles. The van der Waals surface area contributed by atoms with E-state index in [9.17, 15) is 0 Å². The van der Waals surface area contributed by atoms with Crippen LogP contribution in [0.25, 0.3) is 10.9 Å². The SMILES string of the molecule is Cn1ccc2cc(NCCCCl)ccc21. The summed E-state index contributed by atoms with van der Waals surface area (Å²) in [4.78, 5) is 0. The van der Waals surface area contributed by atoms with Crippen molar-refractivity contribution < 1.29 is 0 Å². The fourth-order valence-corrected chi connectivity index (χ4v) is 1.82. The summed E-state index contributed by atoms with van der Waals surface area (Å²) < 4.78 is 2.12. The number of alkyl halides is 1. The van der Waals surface area contributed by atoms with Gasteiger partial charge in [0, 0.05) is 42.3 Å². The van der Waals surface area contributed by atoms with E-state index < -0.39 is 0 Å². The number of hydrogen-bond acceptors (Lipinski definition) is 1. The smallest absolute Gasteiger partial charge is 0.0479 e. The second kappa shape index (κ2) is 4.58. The van der Waals surface area contributed by atoms with Crippen molar-refractivity contribution >= 4 is 28.2 Å². The molecule has 0 radical (unpaired) electrons. The van der Waals surface area contributed by atoms with Crippen LogP contribution in [0.2, 0.25) is 0 Å². The molecule has 0 unspecified atom stereocenters. The Morgan fingerprint density at radius 1 is 1.33 bits per heavy atom. The minimum Gasteiger partial charge on any atom is -0.385 e. The van der Waals surface area contributed by atoms with Crippen molar-refractivity contribution in [3.63, 3.8) is 0 Å². The zero-order chi connectivity index (χ0) is 10.7. The lowest BCUT2D eigenvalue weighted by Crippen LogP contribution is -2.01. The lowest BCUT2D eigenvalue weighted by atomic mass is 10.2. The molecule has 2 aromatic rings. The summed E-state index contributed by atoms with van der Waals surface area (Å²) in [5.74, 6) is 0.709. The average molecular weight is 223 g/mol. The first-order valence-electron chi connectivity index (χ1n) is 5.16. The number of benzene rings is 1. The van der Waals surface area contributed by atoms with Crippen molar-refractivity contribution in [3.8, 4) is 0 Å². The van der Waals surface area contributed by atoms with Crippen LogP contribution in [0, 0.1) is 0 Å². The third-order valence-electron chi connectivity index (χ3n) is 2.52. The highest BCUT2D eigenvalue weighted by Gasteiger charge is 1.98. The van der Waals surface area contributed by atoms with Gasteiger partial charge in [0.2, 0.25) is 0 Å². The fraction of sp³-hybridized carbons (Fsp3) is 0.333. The molecule has 1 aromatic carbocycles. The number of nitrogens with zero attached hydrogens (tertiary/aromatic N) is 1. The number of fused-ring (bicyclic) bond motifs is 1. The Bertz CT molecular complexity index is 448. The number of halogens is 1. The molecule has 3 heteroatoms. The van der Waals surface area contributed by atoms with Crippen molar-refractivity contribution in [2.75, 3.05) is 17.7 Å². The van der Waals surface area contributed by atoms with E-state index in [0.29, 0.717) is 5.88 Å². The van der Waals surface area contributed by atoms with Crippen LogP contribution in [-0.2, 0) is 7.05 Å². The predicted molar refractivity (Wildman–Crippen MR) is 66.7 cm³/mol. The lowest BCUT2D eigenvalue weighted by molar-refractivity contribution is 0.968. The van der Waals surface area contributed by atoms with E-state index >= 15 is 0 Å². The van der Waals surface area contributed by atoms with Crippen LogP contribution in [0.4, 0.5) is 5.69 Å². The minimum absolute atomic E-state index is 0.709. The van der Waals surface area contributed by atoms with Gasteiger partial charge in [0.25, 0.3) is 0 Å². The molecule has 0 bridgehead atoms. The van der Waals surface area contributed by atoms with Gasteiger partial charge in [0.1, 0.15) is 0 Å². The Morgan fingerprint density at radius 2 is 2.20 bits per heavy atom. The summed E-state index contributed by atoms with van der Waals surface area (Å²) in [6.45, 7) is 0.932. The van der Waals surface area contributed by atoms with Crippen LogP contribution in [0.1, 0.15) is 6.42 Å². The van der Waals surface area contributed by atoms with Gasteiger partial charge in [-0.3, -0.25) is 0 Å². The first-order valence-corrected chi connectivity index (χ1v) is 5.69. The molecule has 0 amide bonds. The fourth-order valence-electron chi connectivity index (χ4n) is 1.69. The lowest BCUT2D eigenvalue weighted by Gasteiger charge is -2.05. The second-order valence-corrected chi connectivity index (χ2v) is 4.05. The zero-order valence-electron chi connectivity index (χ0n) is 8.83. The summed E-state index contributed by atoms with van der Waals surface area (Å²) in [5, 5.41) is 4.62. The van der Waals surface area contributed by atoms with Gasteiger partial charge in [0.05, 0.1) is 0 Å². The first kappa shape index (κ1) is 10.4. The van der Waals surface area contributed by atoms with Gasteiger partial charge in [-0.2, -0.15) is 0 Å². The predicted octanol–water partition coefficient (Wildman–Crippen LogP) is 3.22. The monoisotopic (exact) mass is 222 g/mol. The molecule has 1 N–H and O–H groups in total. The summed E-state index contributed by atoms with van der Waals surface area (Å²) in [6.07, 6.45) is 3.07. The molecule has 0 aliphatic heterocycles. The van der Waals surface area contributed by atoms with Gasteiger partial charge in [-0.05, 0) is 30.7 Å². The Kier molecular flexibility index (Phi) is 3.17. The van der Waals surface area contributed by atoms with Crippen molar-refractivity contribution in [2.45, 2.75) is 6.42 Å². The molecule has 0 fully saturated rings. The van der Waals surface area contributed by atoms with E-state index in [4.69, 9.17) is 11.6 Å². The van der Waals surface area contributed by atoms with E-state index in [1.165, 1.54) is 16.6 Å².